The Morgan fingerprint density at radius 1 is 1.53 bits per heavy atom. The van der Waals surface area contributed by atoms with Crippen molar-refractivity contribution in [1.82, 2.24) is 10.3 Å². The fourth-order valence-corrected chi connectivity index (χ4v) is 1.56. The molecule has 0 atom stereocenters. The zero-order valence-corrected chi connectivity index (χ0v) is 9.23. The van der Waals surface area contributed by atoms with Crippen molar-refractivity contribution in [2.75, 3.05) is 31.6 Å². The lowest BCUT2D eigenvalue weighted by Crippen LogP contribution is -2.56. The third kappa shape index (κ3) is 2.21. The van der Waals surface area contributed by atoms with E-state index in [1.165, 1.54) is 0 Å². The molecule has 1 saturated heterocycles. The molecule has 4 heteroatoms. The summed E-state index contributed by atoms with van der Waals surface area (Å²) in [6.07, 6.45) is 0. The Hall–Kier alpha value is -1.29. The molecule has 1 fully saturated rings. The topological polar surface area (TPSA) is 37.4 Å². The summed E-state index contributed by atoms with van der Waals surface area (Å²) in [7, 11) is 2.07. The van der Waals surface area contributed by atoms with Crippen LogP contribution in [0.15, 0.2) is 18.2 Å². The molecule has 2 heterocycles. The van der Waals surface area contributed by atoms with E-state index in [2.05, 4.69) is 22.2 Å². The molecule has 15 heavy (non-hydrogen) atoms. The maximum Gasteiger partial charge on any atom is 0.215 e. The maximum absolute atomic E-state index is 5.37. The zero-order chi connectivity index (χ0) is 10.7. The van der Waals surface area contributed by atoms with Gasteiger partial charge in [-0.2, -0.15) is 4.98 Å². The molecule has 1 aromatic heterocycles. The van der Waals surface area contributed by atoms with Crippen molar-refractivity contribution < 1.29 is 4.74 Å². The van der Waals surface area contributed by atoms with Crippen molar-refractivity contribution in [1.29, 1.82) is 0 Å². The molecule has 0 unspecified atom stereocenters. The predicted molar refractivity (Wildman–Crippen MR) is 60.5 cm³/mol. The standard InChI is InChI=1S/C11H17N3O/c1-3-15-11-6-4-5-10(13-11)14(2)9-7-12-8-9/h4-6,9,12H,3,7-8H2,1-2H3. The summed E-state index contributed by atoms with van der Waals surface area (Å²) >= 11 is 0. The van der Waals surface area contributed by atoms with Gasteiger partial charge in [-0.3, -0.25) is 0 Å². The second-order valence-electron chi connectivity index (χ2n) is 3.69. The van der Waals surface area contributed by atoms with E-state index in [4.69, 9.17) is 4.74 Å². The zero-order valence-electron chi connectivity index (χ0n) is 9.23. The third-order valence-electron chi connectivity index (χ3n) is 2.67. The van der Waals surface area contributed by atoms with Crippen LogP contribution in [0.5, 0.6) is 5.88 Å². The molecule has 4 nitrogen and oxygen atoms in total. The van der Waals surface area contributed by atoms with Gasteiger partial charge < -0.3 is 15.0 Å². The molecule has 0 aliphatic carbocycles. The van der Waals surface area contributed by atoms with Gasteiger partial charge in [-0.25, -0.2) is 0 Å². The van der Waals surface area contributed by atoms with Gasteiger partial charge in [-0.15, -0.1) is 0 Å². The number of hydrogen-bond donors (Lipinski definition) is 1. The van der Waals surface area contributed by atoms with Gasteiger partial charge >= 0.3 is 0 Å². The van der Waals surface area contributed by atoms with E-state index in [1.54, 1.807) is 0 Å². The quantitative estimate of drug-likeness (QED) is 0.795. The van der Waals surface area contributed by atoms with E-state index >= 15 is 0 Å². The molecule has 0 radical (unpaired) electrons. The van der Waals surface area contributed by atoms with Crippen molar-refractivity contribution in [3.8, 4) is 5.88 Å². The summed E-state index contributed by atoms with van der Waals surface area (Å²) in [6, 6.07) is 6.45. The summed E-state index contributed by atoms with van der Waals surface area (Å²) < 4.78 is 5.37. The summed E-state index contributed by atoms with van der Waals surface area (Å²) in [5.74, 6) is 1.68. The minimum atomic E-state index is 0.564. The van der Waals surface area contributed by atoms with E-state index in [9.17, 15) is 0 Å². The number of pyridine rings is 1. The highest BCUT2D eigenvalue weighted by atomic mass is 16.5. The van der Waals surface area contributed by atoms with Crippen LogP contribution < -0.4 is 15.0 Å². The van der Waals surface area contributed by atoms with Crippen LogP contribution >= 0.6 is 0 Å². The third-order valence-corrected chi connectivity index (χ3v) is 2.67. The van der Waals surface area contributed by atoms with Gasteiger partial charge in [-0.1, -0.05) is 6.07 Å². The highest BCUT2D eigenvalue weighted by Gasteiger charge is 2.22. The first kappa shape index (κ1) is 10.2. The van der Waals surface area contributed by atoms with Crippen molar-refractivity contribution >= 4 is 5.82 Å². The van der Waals surface area contributed by atoms with E-state index in [1.807, 2.05) is 25.1 Å². The number of rotatable bonds is 4. The first-order chi connectivity index (χ1) is 7.31. The van der Waals surface area contributed by atoms with Gasteiger partial charge in [0.05, 0.1) is 12.6 Å². The Balaban J connectivity index is 2.09. The smallest absolute Gasteiger partial charge is 0.215 e. The molecule has 0 aromatic carbocycles. The van der Waals surface area contributed by atoms with E-state index < -0.39 is 0 Å². The molecule has 1 aliphatic heterocycles. The summed E-state index contributed by atoms with van der Waals surface area (Å²) in [5.41, 5.74) is 0. The average molecular weight is 207 g/mol. The number of aromatic nitrogens is 1. The number of anilines is 1. The Kier molecular flexibility index (Phi) is 3.06. The summed E-state index contributed by atoms with van der Waals surface area (Å²) in [6.45, 7) is 4.70. The fraction of sp³-hybridized carbons (Fsp3) is 0.545. The highest BCUT2D eigenvalue weighted by molar-refractivity contribution is 5.41. The number of hydrogen-bond acceptors (Lipinski definition) is 4. The number of nitrogens with zero attached hydrogens (tertiary/aromatic N) is 2. The maximum atomic E-state index is 5.37. The van der Waals surface area contributed by atoms with Crippen molar-refractivity contribution in [3.05, 3.63) is 18.2 Å². The van der Waals surface area contributed by atoms with Crippen molar-refractivity contribution in [2.24, 2.45) is 0 Å². The van der Waals surface area contributed by atoms with Crippen molar-refractivity contribution in [2.45, 2.75) is 13.0 Å². The molecular formula is C11H17N3O. The molecule has 1 aromatic rings. The Morgan fingerprint density at radius 2 is 2.33 bits per heavy atom. The van der Waals surface area contributed by atoms with Gasteiger partial charge in [0.2, 0.25) is 5.88 Å². The largest absolute Gasteiger partial charge is 0.478 e. The minimum Gasteiger partial charge on any atom is -0.478 e. The van der Waals surface area contributed by atoms with Crippen molar-refractivity contribution in [3.63, 3.8) is 0 Å². The lowest BCUT2D eigenvalue weighted by molar-refractivity contribution is 0.326. The lowest BCUT2D eigenvalue weighted by Gasteiger charge is -2.36. The Morgan fingerprint density at radius 3 is 2.93 bits per heavy atom. The SMILES string of the molecule is CCOc1cccc(N(C)C2CNC2)n1. The predicted octanol–water partition coefficient (Wildman–Crippen LogP) is 0.888. The van der Waals surface area contributed by atoms with Gasteiger partial charge in [0, 0.05) is 26.2 Å². The molecule has 82 valence electrons. The average Bonchev–Trinajstić information content (AvgIpc) is 2.16. The minimum absolute atomic E-state index is 0.564. The molecule has 1 aliphatic rings. The molecule has 0 spiro atoms. The molecule has 1 N–H and O–H groups in total. The van der Waals surface area contributed by atoms with Crippen LogP contribution in [0.1, 0.15) is 6.92 Å². The Labute approximate surface area is 90.3 Å². The normalized spacial score (nSPS) is 15.9. The van der Waals surface area contributed by atoms with Crippen LogP contribution in [-0.2, 0) is 0 Å². The van der Waals surface area contributed by atoms with Crippen LogP contribution in [0.25, 0.3) is 0 Å². The van der Waals surface area contributed by atoms with E-state index in [0.29, 0.717) is 18.5 Å². The van der Waals surface area contributed by atoms with Crippen LogP contribution in [-0.4, -0.2) is 37.8 Å². The molecule has 2 rings (SSSR count). The molecule has 0 bridgehead atoms. The van der Waals surface area contributed by atoms with Crippen LogP contribution in [0.4, 0.5) is 5.82 Å². The summed E-state index contributed by atoms with van der Waals surface area (Å²) in [5, 5.41) is 3.25. The van der Waals surface area contributed by atoms with Gasteiger partial charge in [0.15, 0.2) is 0 Å². The second-order valence-corrected chi connectivity index (χ2v) is 3.69. The molecule has 0 amide bonds. The van der Waals surface area contributed by atoms with Gasteiger partial charge in [0.25, 0.3) is 0 Å². The number of likely N-dealkylation sites (N-methyl/N-ethyl adjacent to an activating group) is 1. The fourth-order valence-electron chi connectivity index (χ4n) is 1.56. The van der Waals surface area contributed by atoms with Crippen LogP contribution in [0.3, 0.4) is 0 Å². The first-order valence-electron chi connectivity index (χ1n) is 5.34. The van der Waals surface area contributed by atoms with Crippen LogP contribution in [0, 0.1) is 0 Å². The van der Waals surface area contributed by atoms with Gasteiger partial charge in [-0.05, 0) is 13.0 Å². The lowest BCUT2D eigenvalue weighted by atomic mass is 10.1. The first-order valence-corrected chi connectivity index (χ1v) is 5.34. The Bertz CT molecular complexity index is 325. The number of nitrogens with one attached hydrogen (secondary N) is 1. The van der Waals surface area contributed by atoms with Crippen LogP contribution in [0.2, 0.25) is 0 Å². The second kappa shape index (κ2) is 4.49. The molecular weight excluding hydrogens is 190 g/mol. The number of ether oxygens (including phenoxy) is 1. The van der Waals surface area contributed by atoms with Gasteiger partial charge in [0.1, 0.15) is 5.82 Å². The molecule has 0 saturated carbocycles. The summed E-state index contributed by atoms with van der Waals surface area (Å²) in [4.78, 5) is 6.63. The van der Waals surface area contributed by atoms with E-state index in [-0.39, 0.29) is 0 Å². The monoisotopic (exact) mass is 207 g/mol. The van der Waals surface area contributed by atoms with E-state index in [0.717, 1.165) is 18.9 Å². The highest BCUT2D eigenvalue weighted by Crippen LogP contribution is 2.17.